The number of nitrogens with zero attached hydrogens (tertiary/aromatic N) is 1. The average Bonchev–Trinajstić information content (AvgIpc) is 2.42. The smallest absolute Gasteiger partial charge is 0.274 e. The molecule has 0 aliphatic carbocycles. The molecule has 0 bridgehead atoms. The van der Waals surface area contributed by atoms with Crippen molar-refractivity contribution >= 4 is 17.3 Å². The Morgan fingerprint density at radius 1 is 1.45 bits per heavy atom. The summed E-state index contributed by atoms with van der Waals surface area (Å²) in [6.07, 6.45) is 2.48. The Bertz CT molecular complexity index is 510. The number of anilines is 1. The fourth-order valence-corrected chi connectivity index (χ4v) is 2.51. The van der Waals surface area contributed by atoms with Crippen LogP contribution in [-0.2, 0) is 4.79 Å². The zero-order valence-corrected chi connectivity index (χ0v) is 11.5. The van der Waals surface area contributed by atoms with Crippen LogP contribution in [0.2, 0.25) is 0 Å². The molecule has 1 aromatic carbocycles. The first kappa shape index (κ1) is 14.5. The lowest BCUT2D eigenvalue weighted by atomic mass is 9.94. The Hall–Kier alpha value is -1.95. The zero-order chi connectivity index (χ0) is 14.5. The van der Waals surface area contributed by atoms with Gasteiger partial charge in [-0.05, 0) is 44.8 Å². The fraction of sp³-hybridized carbons (Fsp3) is 0.500. The van der Waals surface area contributed by atoms with Crippen LogP contribution in [0.3, 0.4) is 0 Å². The van der Waals surface area contributed by atoms with Gasteiger partial charge in [-0.3, -0.25) is 14.9 Å². The largest absolute Gasteiger partial charge is 0.326 e. The van der Waals surface area contributed by atoms with E-state index in [2.05, 4.69) is 10.6 Å². The van der Waals surface area contributed by atoms with Crippen LogP contribution in [0, 0.1) is 23.0 Å². The number of hydrogen-bond donors (Lipinski definition) is 2. The summed E-state index contributed by atoms with van der Waals surface area (Å²) in [5, 5.41) is 16.9. The summed E-state index contributed by atoms with van der Waals surface area (Å²) >= 11 is 0. The molecule has 1 amide bonds. The Labute approximate surface area is 117 Å². The van der Waals surface area contributed by atoms with E-state index < -0.39 is 4.92 Å². The molecule has 0 aromatic heterocycles. The van der Waals surface area contributed by atoms with Gasteiger partial charge in [0.25, 0.3) is 5.69 Å². The minimum atomic E-state index is -0.433. The number of carbonyl (C=O) groups is 1. The molecule has 1 saturated heterocycles. The van der Waals surface area contributed by atoms with Gasteiger partial charge in [0.15, 0.2) is 0 Å². The molecule has 2 rings (SSSR count). The van der Waals surface area contributed by atoms with Crippen LogP contribution in [0.15, 0.2) is 18.2 Å². The predicted octanol–water partition coefficient (Wildman–Crippen LogP) is 2.23. The third kappa shape index (κ3) is 3.54. The fourth-order valence-electron chi connectivity index (χ4n) is 2.51. The number of nitro groups is 1. The van der Waals surface area contributed by atoms with E-state index in [0.717, 1.165) is 25.9 Å². The Kier molecular flexibility index (Phi) is 4.68. The van der Waals surface area contributed by atoms with Crippen LogP contribution in [-0.4, -0.2) is 23.9 Å². The van der Waals surface area contributed by atoms with Crippen LogP contribution in [0.25, 0.3) is 0 Å². The van der Waals surface area contributed by atoms with E-state index in [-0.39, 0.29) is 11.6 Å². The first-order chi connectivity index (χ1) is 9.58. The normalized spacial score (nSPS) is 15.8. The maximum absolute atomic E-state index is 12.0. The van der Waals surface area contributed by atoms with Crippen molar-refractivity contribution in [3.8, 4) is 0 Å². The standard InChI is InChI=1S/C14H19N3O3/c1-10-12(3-2-4-13(10)17(19)20)16-14(18)9-11-5-7-15-8-6-11/h2-4,11,15H,5-9H2,1H3,(H,16,18). The molecule has 1 fully saturated rings. The molecule has 1 aromatic rings. The monoisotopic (exact) mass is 277 g/mol. The van der Waals surface area contributed by atoms with E-state index in [9.17, 15) is 14.9 Å². The Balaban J connectivity index is 2.00. The summed E-state index contributed by atoms with van der Waals surface area (Å²) in [7, 11) is 0. The summed E-state index contributed by atoms with van der Waals surface area (Å²) in [6.45, 7) is 3.56. The van der Waals surface area contributed by atoms with Gasteiger partial charge >= 0.3 is 0 Å². The lowest BCUT2D eigenvalue weighted by molar-refractivity contribution is -0.385. The van der Waals surface area contributed by atoms with E-state index in [1.54, 1.807) is 19.1 Å². The lowest BCUT2D eigenvalue weighted by Gasteiger charge is -2.22. The van der Waals surface area contributed by atoms with Crippen LogP contribution < -0.4 is 10.6 Å². The molecule has 2 N–H and O–H groups in total. The molecular formula is C14H19N3O3. The molecule has 1 aliphatic rings. The number of nitrogens with one attached hydrogen (secondary N) is 2. The average molecular weight is 277 g/mol. The third-order valence-electron chi connectivity index (χ3n) is 3.71. The van der Waals surface area contributed by atoms with Crippen LogP contribution in [0.5, 0.6) is 0 Å². The number of amides is 1. The zero-order valence-electron chi connectivity index (χ0n) is 11.5. The minimum Gasteiger partial charge on any atom is -0.326 e. The molecule has 0 unspecified atom stereocenters. The summed E-state index contributed by atoms with van der Waals surface area (Å²) in [5.41, 5.74) is 1.05. The van der Waals surface area contributed by atoms with E-state index in [0.29, 0.717) is 23.6 Å². The second-order valence-corrected chi connectivity index (χ2v) is 5.15. The van der Waals surface area contributed by atoms with E-state index in [4.69, 9.17) is 0 Å². The second-order valence-electron chi connectivity index (χ2n) is 5.15. The highest BCUT2D eigenvalue weighted by atomic mass is 16.6. The van der Waals surface area contributed by atoms with Gasteiger partial charge in [-0.25, -0.2) is 0 Å². The van der Waals surface area contributed by atoms with Crippen molar-refractivity contribution in [1.29, 1.82) is 0 Å². The van der Waals surface area contributed by atoms with Crippen molar-refractivity contribution in [2.24, 2.45) is 5.92 Å². The van der Waals surface area contributed by atoms with Gasteiger partial charge in [0.05, 0.1) is 16.2 Å². The molecule has 1 heterocycles. The summed E-state index contributed by atoms with van der Waals surface area (Å²) < 4.78 is 0. The number of benzene rings is 1. The maximum Gasteiger partial charge on any atom is 0.274 e. The first-order valence-corrected chi connectivity index (χ1v) is 6.82. The maximum atomic E-state index is 12.0. The van der Waals surface area contributed by atoms with E-state index in [1.807, 2.05) is 0 Å². The van der Waals surface area contributed by atoms with Crippen molar-refractivity contribution in [1.82, 2.24) is 5.32 Å². The van der Waals surface area contributed by atoms with E-state index in [1.165, 1.54) is 6.07 Å². The molecule has 0 atom stereocenters. The minimum absolute atomic E-state index is 0.0321. The quantitative estimate of drug-likeness (QED) is 0.653. The number of hydrogen-bond acceptors (Lipinski definition) is 4. The molecule has 6 nitrogen and oxygen atoms in total. The van der Waals surface area contributed by atoms with Crippen molar-refractivity contribution in [3.63, 3.8) is 0 Å². The third-order valence-corrected chi connectivity index (χ3v) is 3.71. The van der Waals surface area contributed by atoms with Gasteiger partial charge in [-0.1, -0.05) is 6.07 Å². The number of carbonyl (C=O) groups excluding carboxylic acids is 1. The number of nitro benzene ring substituents is 1. The van der Waals surface area contributed by atoms with Crippen molar-refractivity contribution < 1.29 is 9.72 Å². The van der Waals surface area contributed by atoms with Gasteiger partial charge in [0.2, 0.25) is 5.91 Å². The molecule has 0 saturated carbocycles. The molecule has 0 radical (unpaired) electrons. The van der Waals surface area contributed by atoms with Crippen LogP contribution >= 0.6 is 0 Å². The topological polar surface area (TPSA) is 84.3 Å². The van der Waals surface area contributed by atoms with Crippen molar-refractivity contribution in [2.75, 3.05) is 18.4 Å². The highest BCUT2D eigenvalue weighted by molar-refractivity contribution is 5.92. The van der Waals surface area contributed by atoms with Crippen LogP contribution in [0.4, 0.5) is 11.4 Å². The van der Waals surface area contributed by atoms with Gasteiger partial charge in [-0.15, -0.1) is 0 Å². The predicted molar refractivity (Wildman–Crippen MR) is 76.7 cm³/mol. The SMILES string of the molecule is Cc1c(NC(=O)CC2CCNCC2)cccc1[N+](=O)[O-]. The van der Waals surface area contributed by atoms with Gasteiger partial charge in [-0.2, -0.15) is 0 Å². The van der Waals surface area contributed by atoms with Crippen molar-refractivity contribution in [3.05, 3.63) is 33.9 Å². The summed E-state index contributed by atoms with van der Waals surface area (Å²) in [6, 6.07) is 4.73. The summed E-state index contributed by atoms with van der Waals surface area (Å²) in [4.78, 5) is 22.4. The molecule has 0 spiro atoms. The second kappa shape index (κ2) is 6.47. The molecule has 20 heavy (non-hydrogen) atoms. The number of rotatable bonds is 4. The molecular weight excluding hydrogens is 258 g/mol. The van der Waals surface area contributed by atoms with E-state index >= 15 is 0 Å². The number of piperidine rings is 1. The van der Waals surface area contributed by atoms with Crippen LogP contribution in [0.1, 0.15) is 24.8 Å². The van der Waals surface area contributed by atoms with Gasteiger partial charge in [0, 0.05) is 12.5 Å². The van der Waals surface area contributed by atoms with Crippen molar-refractivity contribution in [2.45, 2.75) is 26.2 Å². The molecule has 108 valence electrons. The van der Waals surface area contributed by atoms with Gasteiger partial charge in [0.1, 0.15) is 0 Å². The molecule has 1 aliphatic heterocycles. The Morgan fingerprint density at radius 2 is 2.15 bits per heavy atom. The Morgan fingerprint density at radius 3 is 2.80 bits per heavy atom. The first-order valence-electron chi connectivity index (χ1n) is 6.82. The summed E-state index contributed by atoms with van der Waals surface area (Å²) in [5.74, 6) is 0.329. The van der Waals surface area contributed by atoms with Gasteiger partial charge < -0.3 is 10.6 Å². The highest BCUT2D eigenvalue weighted by Crippen LogP contribution is 2.25. The lowest BCUT2D eigenvalue weighted by Crippen LogP contribution is -2.30. The highest BCUT2D eigenvalue weighted by Gasteiger charge is 2.19. The molecule has 6 heteroatoms.